The first-order chi connectivity index (χ1) is 12.6. The molecule has 0 bridgehead atoms. The second-order valence-corrected chi connectivity index (χ2v) is 5.18. The van der Waals surface area contributed by atoms with Gasteiger partial charge in [0.05, 0.1) is 25.5 Å². The fourth-order valence-electron chi connectivity index (χ4n) is 2.61. The van der Waals surface area contributed by atoms with E-state index in [1.807, 2.05) is 12.1 Å². The van der Waals surface area contributed by atoms with E-state index in [2.05, 4.69) is 0 Å². The van der Waals surface area contributed by atoms with Crippen molar-refractivity contribution in [2.24, 2.45) is 0 Å². The van der Waals surface area contributed by atoms with Crippen LogP contribution in [-0.4, -0.2) is 40.4 Å². The summed E-state index contributed by atoms with van der Waals surface area (Å²) >= 11 is 0. The zero-order valence-electron chi connectivity index (χ0n) is 15.1. The first kappa shape index (κ1) is 19.4. The maximum atomic E-state index is 12.5. The summed E-state index contributed by atoms with van der Waals surface area (Å²) in [6, 6.07) is 7.23. The van der Waals surface area contributed by atoms with E-state index in [1.165, 1.54) is 34.5 Å². The van der Waals surface area contributed by atoms with Crippen LogP contribution in [0.1, 0.15) is 11.9 Å². The number of carbonyl (C=O) groups is 2. The topological polar surface area (TPSA) is 74.3 Å². The number of methoxy groups -OCH3 is 4. The molecule has 1 aromatic carbocycles. The molecule has 7 nitrogen and oxygen atoms in total. The largest absolute Gasteiger partial charge is 0.465 e. The van der Waals surface area contributed by atoms with Gasteiger partial charge in [-0.1, -0.05) is 24.3 Å². The molecule has 0 saturated carbocycles. The van der Waals surface area contributed by atoms with E-state index >= 15 is 0 Å². The van der Waals surface area contributed by atoms with Crippen LogP contribution < -0.4 is 4.90 Å². The number of ether oxygens (including phenoxy) is 4. The van der Waals surface area contributed by atoms with Crippen LogP contribution in [0.3, 0.4) is 0 Å². The molecule has 1 heterocycles. The Morgan fingerprint density at radius 3 is 2.19 bits per heavy atom. The Kier molecular flexibility index (Phi) is 6.71. The zero-order chi connectivity index (χ0) is 19.1. The number of benzene rings is 1. The second-order valence-electron chi connectivity index (χ2n) is 5.18. The number of allylic oxidation sites excluding steroid dienone is 2. The number of anilines is 1. The Morgan fingerprint density at radius 2 is 1.58 bits per heavy atom. The minimum Gasteiger partial charge on any atom is -0.465 e. The average Bonchev–Trinajstić information content (AvgIpc) is 2.91. The summed E-state index contributed by atoms with van der Waals surface area (Å²) in [4.78, 5) is 26.3. The maximum Gasteiger partial charge on any atom is 0.355 e. The molecule has 138 valence electrons. The number of para-hydroxylation sites is 1. The molecule has 0 aliphatic carbocycles. The smallest absolute Gasteiger partial charge is 0.355 e. The summed E-state index contributed by atoms with van der Waals surface area (Å²) in [6.07, 6.45) is 5.84. The monoisotopic (exact) mass is 359 g/mol. The molecular formula is C19H21NO6. The fourth-order valence-corrected chi connectivity index (χ4v) is 2.61. The quantitative estimate of drug-likeness (QED) is 0.570. The zero-order valence-corrected chi connectivity index (χ0v) is 15.1. The van der Waals surface area contributed by atoms with E-state index < -0.39 is 18.2 Å². The van der Waals surface area contributed by atoms with Gasteiger partial charge in [-0.2, -0.15) is 0 Å². The lowest BCUT2D eigenvalue weighted by Crippen LogP contribution is -2.28. The van der Waals surface area contributed by atoms with Crippen molar-refractivity contribution < 1.29 is 28.5 Å². The lowest BCUT2D eigenvalue weighted by atomic mass is 10.1. The second kappa shape index (κ2) is 8.98. The third-order valence-corrected chi connectivity index (χ3v) is 3.77. The molecule has 26 heavy (non-hydrogen) atoms. The van der Waals surface area contributed by atoms with Crippen LogP contribution in [0.4, 0.5) is 5.69 Å². The average molecular weight is 359 g/mol. The van der Waals surface area contributed by atoms with Gasteiger partial charge in [-0.15, -0.1) is 0 Å². The molecule has 0 aromatic heterocycles. The summed E-state index contributed by atoms with van der Waals surface area (Å²) in [5.41, 5.74) is 1.38. The van der Waals surface area contributed by atoms with Gasteiger partial charge in [-0.05, 0) is 18.2 Å². The lowest BCUT2D eigenvalue weighted by Gasteiger charge is -2.27. The van der Waals surface area contributed by atoms with Crippen LogP contribution >= 0.6 is 0 Å². The van der Waals surface area contributed by atoms with Gasteiger partial charge in [0.2, 0.25) is 0 Å². The Morgan fingerprint density at radius 1 is 0.923 bits per heavy atom. The molecular weight excluding hydrogens is 338 g/mol. The van der Waals surface area contributed by atoms with E-state index in [0.717, 1.165) is 0 Å². The Labute approximate surface area is 152 Å². The van der Waals surface area contributed by atoms with Gasteiger partial charge >= 0.3 is 11.9 Å². The predicted octanol–water partition coefficient (Wildman–Crippen LogP) is 2.47. The van der Waals surface area contributed by atoms with E-state index in [1.54, 1.807) is 35.4 Å². The van der Waals surface area contributed by atoms with Crippen LogP contribution in [0.2, 0.25) is 0 Å². The van der Waals surface area contributed by atoms with Crippen molar-refractivity contribution in [3.8, 4) is 0 Å². The number of carbonyl (C=O) groups excluding carboxylic acids is 2. The van der Waals surface area contributed by atoms with Crippen molar-refractivity contribution >= 4 is 17.6 Å². The summed E-state index contributed by atoms with van der Waals surface area (Å²) in [5.74, 6) is -1.33. The normalized spacial score (nSPS) is 13.8. The molecule has 0 N–H and O–H groups in total. The molecule has 0 saturated heterocycles. The van der Waals surface area contributed by atoms with Crippen LogP contribution in [0.15, 0.2) is 60.0 Å². The van der Waals surface area contributed by atoms with Crippen molar-refractivity contribution in [3.63, 3.8) is 0 Å². The Balaban J connectivity index is 2.70. The van der Waals surface area contributed by atoms with Gasteiger partial charge < -0.3 is 23.8 Å². The summed E-state index contributed by atoms with van der Waals surface area (Å²) in [6.45, 7) is 0. The van der Waals surface area contributed by atoms with E-state index in [-0.39, 0.29) is 11.3 Å². The van der Waals surface area contributed by atoms with Gasteiger partial charge in [-0.3, -0.25) is 0 Å². The molecule has 1 aliphatic heterocycles. The SMILES string of the molecule is COC(=O)C1=C(C(=O)OC)N(c2ccccc2C(OC)OC)C=CC=C1. The highest BCUT2D eigenvalue weighted by Gasteiger charge is 2.29. The molecule has 0 radical (unpaired) electrons. The standard InChI is InChI=1S/C19H21NO6/c1-23-17(21)14-10-7-8-12-20(16(14)18(22)24-2)15-11-6-5-9-13(15)19(25-3)26-4/h5-12,19H,1-4H3. The van der Waals surface area contributed by atoms with Crippen molar-refractivity contribution in [1.82, 2.24) is 0 Å². The van der Waals surface area contributed by atoms with Crippen molar-refractivity contribution in [2.45, 2.75) is 6.29 Å². The molecule has 0 fully saturated rings. The van der Waals surface area contributed by atoms with Crippen molar-refractivity contribution in [3.05, 3.63) is 65.5 Å². The van der Waals surface area contributed by atoms with Crippen molar-refractivity contribution in [1.29, 1.82) is 0 Å². The Hall–Kier alpha value is -2.90. The van der Waals surface area contributed by atoms with Crippen LogP contribution in [0, 0.1) is 0 Å². The van der Waals surface area contributed by atoms with Crippen LogP contribution in [0.5, 0.6) is 0 Å². The highest BCUT2D eigenvalue weighted by molar-refractivity contribution is 6.05. The molecule has 0 amide bonds. The van der Waals surface area contributed by atoms with Gasteiger partial charge in [0.15, 0.2) is 6.29 Å². The third-order valence-electron chi connectivity index (χ3n) is 3.77. The lowest BCUT2D eigenvalue weighted by molar-refractivity contribution is -0.139. The Bertz CT molecular complexity index is 761. The molecule has 0 unspecified atom stereocenters. The molecule has 2 rings (SSSR count). The predicted molar refractivity (Wildman–Crippen MR) is 95.0 cm³/mol. The third kappa shape index (κ3) is 3.84. The number of esters is 2. The fraction of sp³-hybridized carbons (Fsp3) is 0.263. The highest BCUT2D eigenvalue weighted by Crippen LogP contribution is 2.33. The highest BCUT2D eigenvalue weighted by atomic mass is 16.7. The first-order valence-corrected chi connectivity index (χ1v) is 7.78. The van der Waals surface area contributed by atoms with E-state index in [9.17, 15) is 9.59 Å². The summed E-state index contributed by atoms with van der Waals surface area (Å²) < 4.78 is 20.4. The minimum absolute atomic E-state index is 0.0303. The minimum atomic E-state index is -0.678. The molecule has 0 atom stereocenters. The summed E-state index contributed by atoms with van der Waals surface area (Å²) in [7, 11) is 5.53. The van der Waals surface area contributed by atoms with Gasteiger partial charge in [0.1, 0.15) is 5.70 Å². The van der Waals surface area contributed by atoms with Crippen LogP contribution in [-0.2, 0) is 28.5 Å². The van der Waals surface area contributed by atoms with E-state index in [0.29, 0.717) is 11.3 Å². The van der Waals surface area contributed by atoms with E-state index in [4.69, 9.17) is 18.9 Å². The molecule has 1 aromatic rings. The number of hydrogen-bond donors (Lipinski definition) is 0. The summed E-state index contributed by atoms with van der Waals surface area (Å²) in [5, 5.41) is 0. The molecule has 1 aliphatic rings. The van der Waals surface area contributed by atoms with Crippen LogP contribution in [0.25, 0.3) is 0 Å². The number of rotatable bonds is 6. The molecule has 7 heteroatoms. The first-order valence-electron chi connectivity index (χ1n) is 7.78. The molecule has 0 spiro atoms. The van der Waals surface area contributed by atoms with Gasteiger partial charge in [0.25, 0.3) is 0 Å². The van der Waals surface area contributed by atoms with Crippen molar-refractivity contribution in [2.75, 3.05) is 33.3 Å². The number of nitrogens with zero attached hydrogens (tertiary/aromatic N) is 1. The van der Waals surface area contributed by atoms with Gasteiger partial charge in [-0.25, -0.2) is 9.59 Å². The maximum absolute atomic E-state index is 12.5. The number of hydrogen-bond acceptors (Lipinski definition) is 7. The van der Waals surface area contributed by atoms with Gasteiger partial charge in [0, 0.05) is 26.0 Å².